The predicted molar refractivity (Wildman–Crippen MR) is 100 cm³/mol. The number of likely N-dealkylation sites (N-methyl/N-ethyl adjacent to an activating group) is 1. The molecule has 0 aromatic heterocycles. The van der Waals surface area contributed by atoms with E-state index in [0.717, 1.165) is 28.0 Å². The van der Waals surface area contributed by atoms with Gasteiger partial charge in [-0.1, -0.05) is 48.5 Å². The van der Waals surface area contributed by atoms with Crippen molar-refractivity contribution in [3.63, 3.8) is 0 Å². The number of sulfonamides is 1. The molecule has 1 rings (SSSR count). The molecule has 0 spiro atoms. The summed E-state index contributed by atoms with van der Waals surface area (Å²) in [5.41, 5.74) is 0. The molecule has 136 valence electrons. The summed E-state index contributed by atoms with van der Waals surface area (Å²) < 4.78 is 26.8. The average molecular weight is 419 g/mol. The number of nitrogens with one attached hydrogen (secondary N) is 1. The fraction of sp³-hybridized carbons (Fsp3) is 0.588. The summed E-state index contributed by atoms with van der Waals surface area (Å²) in [6.45, 7) is 3.93. The van der Waals surface area contributed by atoms with E-state index < -0.39 is 10.0 Å². The fourth-order valence-corrected chi connectivity index (χ4v) is 3.74. The van der Waals surface area contributed by atoms with Crippen molar-refractivity contribution >= 4 is 31.9 Å². The second kappa shape index (κ2) is 10.2. The summed E-state index contributed by atoms with van der Waals surface area (Å²) in [5, 5.41) is 2.87. The monoisotopic (exact) mass is 418 g/mol. The number of carbonyl (C=O) groups is 1. The molecule has 1 aromatic rings. The Labute approximate surface area is 154 Å². The number of carbonyl (C=O) groups excluding carboxylic acids is 1. The first-order valence-electron chi connectivity index (χ1n) is 8.28. The van der Waals surface area contributed by atoms with E-state index in [9.17, 15) is 13.2 Å². The van der Waals surface area contributed by atoms with Gasteiger partial charge in [0.1, 0.15) is 0 Å². The van der Waals surface area contributed by atoms with Gasteiger partial charge in [-0.2, -0.15) is 4.31 Å². The molecule has 1 aromatic carbocycles. The van der Waals surface area contributed by atoms with E-state index >= 15 is 0 Å². The van der Waals surface area contributed by atoms with Crippen molar-refractivity contribution in [2.45, 2.75) is 56.9 Å². The molecular weight excluding hydrogens is 392 g/mol. The molecule has 0 saturated heterocycles. The average Bonchev–Trinajstić information content (AvgIpc) is 2.51. The number of halogens is 1. The van der Waals surface area contributed by atoms with Crippen LogP contribution in [-0.2, 0) is 14.8 Å². The van der Waals surface area contributed by atoms with Crippen molar-refractivity contribution in [1.29, 1.82) is 0 Å². The van der Waals surface area contributed by atoms with Crippen LogP contribution >= 0.6 is 15.9 Å². The van der Waals surface area contributed by atoms with Gasteiger partial charge in [-0.3, -0.25) is 4.79 Å². The van der Waals surface area contributed by atoms with Crippen molar-refractivity contribution in [3.05, 3.63) is 28.7 Å². The number of rotatable bonds is 10. The lowest BCUT2D eigenvalue weighted by atomic mass is 10.1. The molecule has 0 saturated carbocycles. The number of amides is 1. The minimum absolute atomic E-state index is 0.0538. The summed E-state index contributed by atoms with van der Waals surface area (Å²) in [5.74, 6) is -0.277. The van der Waals surface area contributed by atoms with Gasteiger partial charge in [-0.15, -0.1) is 0 Å². The second-order valence-corrected chi connectivity index (χ2v) is 8.99. The topological polar surface area (TPSA) is 66.5 Å². The smallest absolute Gasteiger partial charge is 0.243 e. The Morgan fingerprint density at radius 1 is 1.21 bits per heavy atom. The molecule has 1 N–H and O–H groups in total. The zero-order valence-corrected chi connectivity index (χ0v) is 17.0. The van der Waals surface area contributed by atoms with Gasteiger partial charge in [0.05, 0.1) is 11.4 Å². The summed E-state index contributed by atoms with van der Waals surface area (Å²) in [4.78, 5) is 12.2. The Morgan fingerprint density at radius 2 is 1.83 bits per heavy atom. The molecule has 0 aliphatic heterocycles. The van der Waals surface area contributed by atoms with Crippen LogP contribution in [0.15, 0.2) is 33.6 Å². The van der Waals surface area contributed by atoms with Gasteiger partial charge in [0.2, 0.25) is 15.9 Å². The van der Waals surface area contributed by atoms with Crippen molar-refractivity contribution in [3.8, 4) is 0 Å². The third-order valence-corrected chi connectivity index (χ3v) is 6.13. The van der Waals surface area contributed by atoms with Crippen LogP contribution < -0.4 is 5.32 Å². The van der Waals surface area contributed by atoms with E-state index in [1.807, 2.05) is 6.92 Å². The van der Waals surface area contributed by atoms with Crippen LogP contribution in [0.3, 0.4) is 0 Å². The first kappa shape index (κ1) is 21.1. The summed E-state index contributed by atoms with van der Waals surface area (Å²) in [7, 11) is -2.24. The van der Waals surface area contributed by atoms with Crippen molar-refractivity contribution in [2.75, 3.05) is 13.6 Å². The van der Waals surface area contributed by atoms with Crippen LogP contribution in [0.1, 0.15) is 46.0 Å². The number of hydrogen-bond donors (Lipinski definition) is 1. The van der Waals surface area contributed by atoms with Crippen molar-refractivity contribution in [2.24, 2.45) is 0 Å². The molecule has 5 nitrogen and oxygen atoms in total. The highest BCUT2D eigenvalue weighted by atomic mass is 79.9. The Morgan fingerprint density at radius 3 is 2.42 bits per heavy atom. The van der Waals surface area contributed by atoms with Crippen molar-refractivity contribution < 1.29 is 13.2 Å². The maximum Gasteiger partial charge on any atom is 0.243 e. The Hall–Kier alpha value is -0.920. The lowest BCUT2D eigenvalue weighted by Gasteiger charge is -2.19. The van der Waals surface area contributed by atoms with E-state index in [0.29, 0.717) is 0 Å². The Balaban J connectivity index is 2.52. The third kappa shape index (κ3) is 6.91. The van der Waals surface area contributed by atoms with Gasteiger partial charge in [-0.05, 0) is 37.6 Å². The zero-order chi connectivity index (χ0) is 18.2. The van der Waals surface area contributed by atoms with E-state index in [1.165, 1.54) is 32.0 Å². The van der Waals surface area contributed by atoms with Gasteiger partial charge in [-0.25, -0.2) is 8.42 Å². The first-order valence-corrected chi connectivity index (χ1v) is 10.5. The van der Waals surface area contributed by atoms with Crippen LogP contribution in [0, 0.1) is 0 Å². The molecule has 0 heterocycles. The highest BCUT2D eigenvalue weighted by Gasteiger charge is 2.23. The summed E-state index contributed by atoms with van der Waals surface area (Å²) in [6, 6.07) is 6.42. The van der Waals surface area contributed by atoms with Gasteiger partial charge in [0.25, 0.3) is 0 Å². The lowest BCUT2D eigenvalue weighted by molar-refractivity contribution is -0.121. The molecule has 0 aliphatic carbocycles. The highest BCUT2D eigenvalue weighted by molar-refractivity contribution is 9.10. The SMILES string of the molecule is CCCCCCC(C)NC(=O)CN(C)S(=O)(=O)c1ccc(Br)cc1. The van der Waals surface area contributed by atoms with E-state index in [4.69, 9.17) is 0 Å². The standard InChI is InChI=1S/C17H27BrN2O3S/c1-4-5-6-7-8-14(2)19-17(21)13-20(3)24(22,23)16-11-9-15(18)10-12-16/h9-12,14H,4-8,13H2,1-3H3,(H,19,21). The number of nitrogens with zero attached hydrogens (tertiary/aromatic N) is 1. The molecule has 0 bridgehead atoms. The Bertz CT molecular complexity index is 617. The third-order valence-electron chi connectivity index (χ3n) is 3.79. The molecule has 1 unspecified atom stereocenters. The molecule has 1 atom stereocenters. The molecule has 0 radical (unpaired) electrons. The maximum absolute atomic E-state index is 12.4. The second-order valence-electron chi connectivity index (χ2n) is 6.03. The van der Waals surface area contributed by atoms with Gasteiger partial charge < -0.3 is 5.32 Å². The quantitative estimate of drug-likeness (QED) is 0.590. The molecule has 0 fully saturated rings. The number of benzene rings is 1. The maximum atomic E-state index is 12.4. The lowest BCUT2D eigenvalue weighted by Crippen LogP contribution is -2.41. The van der Waals surface area contributed by atoms with Crippen LogP contribution in [0.4, 0.5) is 0 Å². The van der Waals surface area contributed by atoms with Crippen LogP contribution in [0.25, 0.3) is 0 Å². The Kier molecular flexibility index (Phi) is 8.94. The van der Waals surface area contributed by atoms with Gasteiger partial charge in [0.15, 0.2) is 0 Å². The molecule has 7 heteroatoms. The normalized spacial score (nSPS) is 13.0. The highest BCUT2D eigenvalue weighted by Crippen LogP contribution is 2.17. The number of hydrogen-bond acceptors (Lipinski definition) is 3. The van der Waals surface area contributed by atoms with Gasteiger partial charge >= 0.3 is 0 Å². The minimum Gasteiger partial charge on any atom is -0.353 e. The molecule has 0 aliphatic rings. The molecular formula is C17H27BrN2O3S. The van der Waals surface area contributed by atoms with Crippen LogP contribution in [0.5, 0.6) is 0 Å². The zero-order valence-electron chi connectivity index (χ0n) is 14.6. The van der Waals surface area contributed by atoms with Crippen LogP contribution in [-0.4, -0.2) is 38.3 Å². The minimum atomic E-state index is -3.66. The largest absolute Gasteiger partial charge is 0.353 e. The number of unbranched alkanes of at least 4 members (excludes halogenated alkanes) is 3. The van der Waals surface area contributed by atoms with E-state index in [2.05, 4.69) is 28.2 Å². The van der Waals surface area contributed by atoms with Gasteiger partial charge in [0, 0.05) is 17.6 Å². The summed E-state index contributed by atoms with van der Waals surface area (Å²) >= 11 is 3.27. The van der Waals surface area contributed by atoms with E-state index in [1.54, 1.807) is 12.1 Å². The predicted octanol–water partition coefficient (Wildman–Crippen LogP) is 3.54. The molecule has 24 heavy (non-hydrogen) atoms. The van der Waals surface area contributed by atoms with Crippen molar-refractivity contribution in [1.82, 2.24) is 9.62 Å². The van der Waals surface area contributed by atoms with E-state index in [-0.39, 0.29) is 23.4 Å². The van der Waals surface area contributed by atoms with Crippen LogP contribution in [0.2, 0.25) is 0 Å². The summed E-state index contributed by atoms with van der Waals surface area (Å²) in [6.07, 6.45) is 5.53. The molecule has 1 amide bonds. The fourth-order valence-electron chi connectivity index (χ4n) is 2.34. The first-order chi connectivity index (χ1) is 11.3.